The number of hydrogen-bond donors (Lipinski definition) is 2. The van der Waals surface area contributed by atoms with Crippen LogP contribution in [0.1, 0.15) is 37.6 Å². The summed E-state index contributed by atoms with van der Waals surface area (Å²) in [7, 11) is -1.98. The van der Waals surface area contributed by atoms with E-state index in [1.165, 1.54) is 34.5 Å². The van der Waals surface area contributed by atoms with Gasteiger partial charge in [0.2, 0.25) is 11.6 Å². The minimum absolute atomic E-state index is 0. The topological polar surface area (TPSA) is 101 Å². The molecule has 5 aromatic rings. The molecule has 0 unspecified atom stereocenters. The number of rotatable bonds is 10. The molecule has 0 saturated carbocycles. The Morgan fingerprint density at radius 3 is 1.96 bits per heavy atom. The molecule has 0 aliphatic heterocycles. The van der Waals surface area contributed by atoms with Gasteiger partial charge in [0.25, 0.3) is 5.91 Å². The van der Waals surface area contributed by atoms with Crippen LogP contribution in [0.3, 0.4) is 0 Å². The Bertz CT molecular complexity index is 1750. The van der Waals surface area contributed by atoms with E-state index in [-0.39, 0.29) is 51.4 Å². The zero-order valence-corrected chi connectivity index (χ0v) is 26.7. The van der Waals surface area contributed by atoms with E-state index in [4.69, 9.17) is 0 Å². The number of allylic oxidation sites excluding steroid dienone is 2. The molecule has 1 heterocycles. The van der Waals surface area contributed by atoms with E-state index >= 15 is 0 Å². The first-order valence-electron chi connectivity index (χ1n) is 14.4. The molecule has 0 saturated heterocycles. The summed E-state index contributed by atoms with van der Waals surface area (Å²) in [5, 5.41) is 10.0. The molecule has 9 heteroatoms. The molecule has 1 aliphatic carbocycles. The second-order valence-corrected chi connectivity index (χ2v) is 14.0. The molecule has 1 amide bonds. The molecule has 0 fully saturated rings. The molecule has 6 rings (SSSR count). The number of nitrogens with one attached hydrogen (secondary N) is 2. The lowest BCUT2D eigenvalue weighted by molar-refractivity contribution is -0.0000306. The van der Waals surface area contributed by atoms with Gasteiger partial charge in [-0.3, -0.25) is 14.4 Å². The van der Waals surface area contributed by atoms with Crippen molar-refractivity contribution < 1.29 is 31.4 Å². The maximum Gasteiger partial charge on any atom is 0.251 e. The van der Waals surface area contributed by atoms with Crippen molar-refractivity contribution in [2.45, 2.75) is 6.42 Å². The SMILES string of the molecule is O=C(NCCC[P+](c1ccccc1)(c1ccccc1)c1ccccc1)c1cccc(NC2=CC(=O)c3ncncc3C2=O)c1.[Br-]. The standard InChI is InChI=1S/C36H29N4O3P.BrH/c41-33-23-32(35(42)31-24-37-25-39-34(31)33)40-27-13-10-12-26(22-27)36(43)38-20-11-21-44(28-14-4-1-5-15-28,29-16-6-2-7-17-29)30-18-8-3-9-19-30;/h1-10,12-19,22-25H,11,20-21H2,(H-,38,40,41,43);1H. The highest BCUT2D eigenvalue weighted by molar-refractivity contribution is 7.95. The third-order valence-corrected chi connectivity index (χ3v) is 12.2. The van der Waals surface area contributed by atoms with Crippen LogP contribution in [0, 0.1) is 0 Å². The van der Waals surface area contributed by atoms with Crippen molar-refractivity contribution >= 4 is 46.3 Å². The number of benzene rings is 4. The molecule has 1 aliphatic rings. The summed E-state index contributed by atoms with van der Waals surface area (Å²) in [5.74, 6) is -0.966. The Balaban J connectivity index is 0.00000400. The Kier molecular flexibility index (Phi) is 10.1. The van der Waals surface area contributed by atoms with E-state index in [0.717, 1.165) is 12.6 Å². The normalized spacial score (nSPS) is 12.4. The molecule has 4 aromatic carbocycles. The Morgan fingerprint density at radius 2 is 1.36 bits per heavy atom. The monoisotopic (exact) mass is 676 g/mol. The Hall–Kier alpha value is -4.78. The fourth-order valence-corrected chi connectivity index (χ4v) is 9.94. The number of carbonyl (C=O) groups is 3. The van der Waals surface area contributed by atoms with Crippen LogP contribution >= 0.6 is 7.26 Å². The minimum atomic E-state index is -1.98. The third-order valence-electron chi connectivity index (χ3n) is 7.66. The van der Waals surface area contributed by atoms with Crippen molar-refractivity contribution in [3.63, 3.8) is 0 Å². The van der Waals surface area contributed by atoms with Crippen LogP contribution in [0.2, 0.25) is 0 Å². The zero-order valence-electron chi connectivity index (χ0n) is 24.3. The fourth-order valence-electron chi connectivity index (χ4n) is 5.59. The number of ketones is 2. The first-order valence-corrected chi connectivity index (χ1v) is 16.3. The van der Waals surface area contributed by atoms with E-state index in [2.05, 4.69) is 93.4 Å². The summed E-state index contributed by atoms with van der Waals surface area (Å²) >= 11 is 0. The summed E-state index contributed by atoms with van der Waals surface area (Å²) in [6.07, 6.45) is 5.48. The predicted octanol–water partition coefficient (Wildman–Crippen LogP) is 1.97. The molecule has 0 radical (unpaired) electrons. The highest BCUT2D eigenvalue weighted by Crippen LogP contribution is 2.55. The van der Waals surface area contributed by atoms with Crippen LogP contribution in [0.5, 0.6) is 0 Å². The van der Waals surface area contributed by atoms with Gasteiger partial charge < -0.3 is 27.6 Å². The summed E-state index contributed by atoms with van der Waals surface area (Å²) in [6.45, 7) is 0.500. The average molecular weight is 678 g/mol. The molecule has 0 spiro atoms. The Labute approximate surface area is 273 Å². The van der Waals surface area contributed by atoms with Crippen molar-refractivity contribution in [1.82, 2.24) is 15.3 Å². The summed E-state index contributed by atoms with van der Waals surface area (Å²) in [5.41, 5.74) is 1.31. The van der Waals surface area contributed by atoms with Crippen molar-refractivity contribution in [3.05, 3.63) is 156 Å². The van der Waals surface area contributed by atoms with Gasteiger partial charge in [-0.25, -0.2) is 9.97 Å². The van der Waals surface area contributed by atoms with Crippen molar-refractivity contribution in [2.24, 2.45) is 0 Å². The number of amides is 1. The molecule has 45 heavy (non-hydrogen) atoms. The van der Waals surface area contributed by atoms with E-state index in [0.29, 0.717) is 17.8 Å². The quantitative estimate of drug-likeness (QED) is 0.173. The number of Topliss-reactive ketones (excluding diaryl/α,β-unsaturated/α-hetero) is 1. The summed E-state index contributed by atoms with van der Waals surface area (Å²) in [4.78, 5) is 46.4. The molecule has 2 N–H and O–H groups in total. The zero-order chi connectivity index (χ0) is 30.4. The number of hydrogen-bond acceptors (Lipinski definition) is 6. The first kappa shape index (κ1) is 31.6. The van der Waals surface area contributed by atoms with Crippen molar-refractivity contribution in [3.8, 4) is 0 Å². The van der Waals surface area contributed by atoms with Crippen LogP contribution in [-0.2, 0) is 0 Å². The van der Waals surface area contributed by atoms with Crippen molar-refractivity contribution in [1.29, 1.82) is 0 Å². The maximum absolute atomic E-state index is 13.2. The van der Waals surface area contributed by atoms with Gasteiger partial charge in [0.05, 0.1) is 17.4 Å². The number of halogens is 1. The van der Waals surface area contributed by atoms with Gasteiger partial charge in [0.1, 0.15) is 35.2 Å². The van der Waals surface area contributed by atoms with Crippen LogP contribution in [-0.4, -0.2) is 40.1 Å². The first-order chi connectivity index (χ1) is 21.6. The van der Waals surface area contributed by atoms with Gasteiger partial charge in [0.15, 0.2) is 0 Å². The molecular weight excluding hydrogens is 647 g/mol. The van der Waals surface area contributed by atoms with Gasteiger partial charge in [-0.15, -0.1) is 0 Å². The van der Waals surface area contributed by atoms with Gasteiger partial charge in [-0.2, -0.15) is 0 Å². The molecular formula is C36H30BrN4O3P. The predicted molar refractivity (Wildman–Crippen MR) is 176 cm³/mol. The van der Waals surface area contributed by atoms with Gasteiger partial charge in [0, 0.05) is 30.1 Å². The second kappa shape index (κ2) is 14.3. The summed E-state index contributed by atoms with van der Waals surface area (Å²) < 4.78 is 0. The summed E-state index contributed by atoms with van der Waals surface area (Å²) in [6, 6.07) is 38.9. The molecule has 7 nitrogen and oxygen atoms in total. The van der Waals surface area contributed by atoms with Crippen LogP contribution in [0.4, 0.5) is 5.69 Å². The fraction of sp³-hybridized carbons (Fsp3) is 0.0833. The minimum Gasteiger partial charge on any atom is -1.00 e. The third kappa shape index (κ3) is 6.68. The highest BCUT2D eigenvalue weighted by Gasteiger charge is 2.44. The lowest BCUT2D eigenvalue weighted by Gasteiger charge is -2.27. The van der Waals surface area contributed by atoms with Gasteiger partial charge in [-0.05, 0) is 61.0 Å². The smallest absolute Gasteiger partial charge is 0.251 e. The number of aromatic nitrogens is 2. The Morgan fingerprint density at radius 1 is 0.756 bits per heavy atom. The lowest BCUT2D eigenvalue weighted by Crippen LogP contribution is -3.00. The van der Waals surface area contributed by atoms with E-state index in [1.54, 1.807) is 24.3 Å². The molecule has 224 valence electrons. The van der Waals surface area contributed by atoms with Crippen LogP contribution < -0.4 is 43.5 Å². The highest BCUT2D eigenvalue weighted by atomic mass is 79.9. The number of nitrogens with zero attached hydrogens (tertiary/aromatic N) is 2. The van der Waals surface area contributed by atoms with E-state index in [1.807, 2.05) is 18.2 Å². The van der Waals surface area contributed by atoms with Gasteiger partial charge in [-0.1, -0.05) is 60.7 Å². The molecule has 0 atom stereocenters. The number of carbonyl (C=O) groups excluding carboxylic acids is 3. The molecule has 1 aromatic heterocycles. The van der Waals surface area contributed by atoms with E-state index < -0.39 is 7.26 Å². The number of fused-ring (bicyclic) bond motifs is 1. The van der Waals surface area contributed by atoms with Gasteiger partial charge >= 0.3 is 0 Å². The lowest BCUT2D eigenvalue weighted by atomic mass is 9.98. The maximum atomic E-state index is 13.2. The van der Waals surface area contributed by atoms with Crippen LogP contribution in [0.15, 0.2) is 140 Å². The number of anilines is 1. The second-order valence-electron chi connectivity index (χ2n) is 10.4. The van der Waals surface area contributed by atoms with Crippen LogP contribution in [0.25, 0.3) is 0 Å². The average Bonchev–Trinajstić information content (AvgIpc) is 3.08. The van der Waals surface area contributed by atoms with Crippen molar-refractivity contribution in [2.75, 3.05) is 18.0 Å². The largest absolute Gasteiger partial charge is 1.00 e. The van der Waals surface area contributed by atoms with E-state index in [9.17, 15) is 14.4 Å². The molecule has 0 bridgehead atoms.